The summed E-state index contributed by atoms with van der Waals surface area (Å²) >= 11 is 0. The fraction of sp³-hybridized carbons (Fsp3) is 0. The summed E-state index contributed by atoms with van der Waals surface area (Å²) in [6.07, 6.45) is 1.79. The van der Waals surface area contributed by atoms with E-state index >= 15 is 0 Å². The van der Waals surface area contributed by atoms with Crippen molar-refractivity contribution in [3.63, 3.8) is 0 Å². The van der Waals surface area contributed by atoms with Gasteiger partial charge in [0.25, 0.3) is 0 Å². The van der Waals surface area contributed by atoms with E-state index in [4.69, 9.17) is 15.0 Å². The molecule has 212 valence electrons. The van der Waals surface area contributed by atoms with Crippen molar-refractivity contribution in [3.8, 4) is 44.8 Å². The van der Waals surface area contributed by atoms with Crippen molar-refractivity contribution in [3.05, 3.63) is 170 Å². The molecule has 0 aliphatic heterocycles. The molecule has 0 saturated carbocycles. The van der Waals surface area contributed by atoms with Gasteiger partial charge in [0, 0.05) is 6.20 Å². The van der Waals surface area contributed by atoms with E-state index in [1.165, 1.54) is 0 Å². The van der Waals surface area contributed by atoms with Gasteiger partial charge in [-0.2, -0.15) is 0 Å². The second kappa shape index (κ2) is 13.4. The van der Waals surface area contributed by atoms with Gasteiger partial charge in [0.1, 0.15) is 17.5 Å². The van der Waals surface area contributed by atoms with Crippen molar-refractivity contribution in [2.24, 2.45) is 0 Å². The van der Waals surface area contributed by atoms with Gasteiger partial charge in [-0.15, -0.1) is 71.8 Å². The maximum Gasteiger partial charge on any atom is 2.00 e. The molecular weight excluding hydrogens is 720 g/mol. The monoisotopic (exact) mass is 745 g/mol. The Morgan fingerprint density at radius 2 is 0.909 bits per heavy atom. The third-order valence-electron chi connectivity index (χ3n) is 7.20. The van der Waals surface area contributed by atoms with E-state index in [0.29, 0.717) is 17.5 Å². The summed E-state index contributed by atoms with van der Waals surface area (Å²) < 4.78 is 0. The van der Waals surface area contributed by atoms with Crippen LogP contribution in [0.2, 0.25) is 0 Å². The summed E-state index contributed by atoms with van der Waals surface area (Å²) in [5.41, 5.74) is 7.73. The summed E-state index contributed by atoms with van der Waals surface area (Å²) in [5, 5.41) is 0. The molecule has 0 N–H and O–H groups in total. The Kier molecular flexibility index (Phi) is 8.82. The molecule has 7 rings (SSSR count). The average Bonchev–Trinajstić information content (AvgIpc) is 3.10. The molecule has 0 radical (unpaired) electrons. The Morgan fingerprint density at radius 1 is 0.432 bits per heavy atom. The molecule has 7 aromatic rings. The maximum atomic E-state index is 5.26. The van der Waals surface area contributed by atoms with Gasteiger partial charge in [0.05, 0.1) is 0 Å². The van der Waals surface area contributed by atoms with Gasteiger partial charge in [-0.1, -0.05) is 78.9 Å². The number of hydrogen-bond donors (Lipinski definition) is 0. The van der Waals surface area contributed by atoms with Gasteiger partial charge in [-0.05, 0) is 57.9 Å². The van der Waals surface area contributed by atoms with Crippen LogP contribution in [0.15, 0.2) is 158 Å². The Bertz CT molecular complexity index is 1820. The van der Waals surface area contributed by atoms with Gasteiger partial charge in [0.15, 0.2) is 0 Å². The van der Waals surface area contributed by atoms with Crippen molar-refractivity contribution < 1.29 is 21.1 Å². The van der Waals surface area contributed by atoms with E-state index < -0.39 is 0 Å². The molecule has 3 aromatic heterocycles. The number of rotatable bonds is 7. The molecule has 4 nitrogen and oxygen atoms in total. The molecule has 0 unspecified atom stereocenters. The van der Waals surface area contributed by atoms with Crippen LogP contribution in [-0.4, -0.2) is 15.0 Å². The molecule has 4 aromatic carbocycles. The predicted octanol–water partition coefficient (Wildman–Crippen LogP) is 9.61. The second-order valence-corrected chi connectivity index (χ2v) is 9.94. The molecule has 5 heteroatoms. The number of pyridine rings is 3. The summed E-state index contributed by atoms with van der Waals surface area (Å²) in [6.45, 7) is 0. The van der Waals surface area contributed by atoms with E-state index in [1.54, 1.807) is 6.20 Å². The van der Waals surface area contributed by atoms with Gasteiger partial charge in [0.2, 0.25) is 0 Å². The summed E-state index contributed by atoms with van der Waals surface area (Å²) in [4.78, 5) is 17.3. The summed E-state index contributed by atoms with van der Waals surface area (Å²) in [6, 6.07) is 57.4. The smallest absolute Gasteiger partial charge is 0.280 e. The number of aromatic nitrogens is 3. The minimum atomic E-state index is 0. The molecule has 0 spiro atoms. The molecule has 0 atom stereocenters. The van der Waals surface area contributed by atoms with Crippen molar-refractivity contribution in [1.29, 1.82) is 0 Å². The van der Waals surface area contributed by atoms with Gasteiger partial charge >= 0.3 is 21.1 Å². The Balaban J connectivity index is 0.00000343. The Labute approximate surface area is 272 Å². The zero-order valence-electron chi connectivity index (χ0n) is 23.6. The minimum absolute atomic E-state index is 0. The first-order valence-corrected chi connectivity index (χ1v) is 14.1. The first kappa shape index (κ1) is 28.9. The average molecular weight is 746 g/mol. The number of hydrogen-bond acceptors (Lipinski definition) is 4. The van der Waals surface area contributed by atoms with Crippen LogP contribution in [0.3, 0.4) is 0 Å². The molecule has 0 aliphatic carbocycles. The van der Waals surface area contributed by atoms with Crippen molar-refractivity contribution in [2.75, 3.05) is 4.90 Å². The maximum absolute atomic E-state index is 5.26. The molecule has 0 saturated heterocycles. The summed E-state index contributed by atoms with van der Waals surface area (Å²) in [7, 11) is 0. The normalized spacial score (nSPS) is 10.5. The molecular formula is C39H26N4Pt. The van der Waals surface area contributed by atoms with E-state index in [-0.39, 0.29) is 21.1 Å². The van der Waals surface area contributed by atoms with Crippen molar-refractivity contribution >= 4 is 17.5 Å². The van der Waals surface area contributed by atoms with Crippen LogP contribution in [0.25, 0.3) is 44.8 Å². The number of anilines is 3. The van der Waals surface area contributed by atoms with Crippen LogP contribution >= 0.6 is 0 Å². The third kappa shape index (κ3) is 5.99. The van der Waals surface area contributed by atoms with Gasteiger partial charge < -0.3 is 0 Å². The quantitative estimate of drug-likeness (QED) is 0.153. The van der Waals surface area contributed by atoms with E-state index in [1.807, 2.05) is 120 Å². The van der Waals surface area contributed by atoms with Crippen LogP contribution in [0.4, 0.5) is 17.5 Å². The van der Waals surface area contributed by atoms with Crippen molar-refractivity contribution in [2.45, 2.75) is 0 Å². The Hall–Kier alpha value is -5.18. The standard InChI is InChI=1S/C39H26N4.Pt/c1-5-15-29(16-6-1)33-24-26-36(41-38(33)31-19-9-3-10-20-31)43(35-23-13-14-28-40-35)37-27-25-34(30-17-7-2-8-18-30)39(42-37)32-21-11-4-12-22-32;/h1-19,21,23-28H;/q-2;+2. The molecule has 0 fully saturated rings. The van der Waals surface area contributed by atoms with Crippen LogP contribution in [0.1, 0.15) is 0 Å². The first-order valence-electron chi connectivity index (χ1n) is 14.1. The number of benzene rings is 4. The topological polar surface area (TPSA) is 41.9 Å². The van der Waals surface area contributed by atoms with Crippen LogP contribution in [-0.2, 0) is 21.1 Å². The molecule has 44 heavy (non-hydrogen) atoms. The van der Waals surface area contributed by atoms with Crippen LogP contribution < -0.4 is 4.90 Å². The molecule has 3 heterocycles. The van der Waals surface area contributed by atoms with E-state index in [9.17, 15) is 0 Å². The largest absolute Gasteiger partial charge is 2.00 e. The minimum Gasteiger partial charge on any atom is -0.280 e. The molecule has 0 amide bonds. The third-order valence-corrected chi connectivity index (χ3v) is 7.20. The van der Waals surface area contributed by atoms with E-state index in [2.05, 4.69) is 48.5 Å². The Morgan fingerprint density at radius 3 is 1.34 bits per heavy atom. The molecule has 0 aliphatic rings. The molecule has 0 bridgehead atoms. The fourth-order valence-corrected chi connectivity index (χ4v) is 5.18. The second-order valence-electron chi connectivity index (χ2n) is 9.94. The zero-order chi connectivity index (χ0) is 28.8. The predicted molar refractivity (Wildman–Crippen MR) is 174 cm³/mol. The van der Waals surface area contributed by atoms with Crippen LogP contribution in [0.5, 0.6) is 0 Å². The number of nitrogens with zero attached hydrogens (tertiary/aromatic N) is 4. The fourth-order valence-electron chi connectivity index (χ4n) is 5.18. The zero-order valence-corrected chi connectivity index (χ0v) is 25.9. The first-order chi connectivity index (χ1) is 21.3. The SMILES string of the molecule is [Pt+2].[c-]1ccccc1-c1nc(N(c2ccccn2)c2ccc(-c3ccccc3)c(-c3[c-]cccc3)n2)ccc1-c1ccccc1. The van der Waals surface area contributed by atoms with Gasteiger partial charge in [-0.3, -0.25) is 14.9 Å². The van der Waals surface area contributed by atoms with Gasteiger partial charge in [-0.25, -0.2) is 4.98 Å². The summed E-state index contributed by atoms with van der Waals surface area (Å²) in [5.74, 6) is 2.12. The van der Waals surface area contributed by atoms with Crippen molar-refractivity contribution in [1.82, 2.24) is 15.0 Å². The van der Waals surface area contributed by atoms with E-state index in [0.717, 1.165) is 44.8 Å². The van der Waals surface area contributed by atoms with Crippen LogP contribution in [0, 0.1) is 12.1 Å².